The number of likely N-dealkylation sites (tertiary alicyclic amines) is 1. The van der Waals surface area contributed by atoms with Gasteiger partial charge in [-0.15, -0.1) is 11.8 Å². The molecule has 0 spiro atoms. The van der Waals surface area contributed by atoms with Gasteiger partial charge in [0.05, 0.1) is 18.5 Å². The molecule has 1 unspecified atom stereocenters. The Morgan fingerprint density at radius 2 is 1.91 bits per heavy atom. The number of thioether (sulfide) groups is 1. The zero-order valence-electron chi connectivity index (χ0n) is 13.9. The standard InChI is InChI=1S/C18H25NO3S/c1-13-6-8-19(9-7-13)18(20)14(2)23-15-4-5-16-17(12-15)22-11-3-10-21-16/h4-5,12-14H,3,6-11H2,1-2H3. The molecule has 1 aromatic rings. The van der Waals surface area contributed by atoms with Gasteiger partial charge in [0, 0.05) is 24.4 Å². The maximum Gasteiger partial charge on any atom is 0.235 e. The van der Waals surface area contributed by atoms with Gasteiger partial charge in [0.25, 0.3) is 0 Å². The number of fused-ring (bicyclic) bond motifs is 1. The van der Waals surface area contributed by atoms with Gasteiger partial charge in [-0.25, -0.2) is 0 Å². The first kappa shape index (κ1) is 16.5. The van der Waals surface area contributed by atoms with Crippen molar-refractivity contribution in [2.45, 2.75) is 43.3 Å². The number of carbonyl (C=O) groups excluding carboxylic acids is 1. The minimum atomic E-state index is -0.0758. The van der Waals surface area contributed by atoms with Crippen molar-refractivity contribution in [2.24, 2.45) is 5.92 Å². The third kappa shape index (κ3) is 4.14. The van der Waals surface area contributed by atoms with E-state index < -0.39 is 0 Å². The van der Waals surface area contributed by atoms with Crippen LogP contribution in [0.5, 0.6) is 11.5 Å². The molecule has 1 aromatic carbocycles. The molecule has 0 aliphatic carbocycles. The Bertz CT molecular complexity index is 555. The van der Waals surface area contributed by atoms with Crippen LogP contribution >= 0.6 is 11.8 Å². The SMILES string of the molecule is CC1CCN(C(=O)C(C)Sc2ccc3c(c2)OCCCO3)CC1. The van der Waals surface area contributed by atoms with Crippen molar-refractivity contribution in [3.05, 3.63) is 18.2 Å². The summed E-state index contributed by atoms with van der Waals surface area (Å²) in [6.07, 6.45) is 3.14. The van der Waals surface area contributed by atoms with E-state index in [4.69, 9.17) is 9.47 Å². The number of ether oxygens (including phenoxy) is 2. The molecule has 2 aliphatic heterocycles. The Labute approximate surface area is 142 Å². The zero-order chi connectivity index (χ0) is 16.2. The van der Waals surface area contributed by atoms with Gasteiger partial charge >= 0.3 is 0 Å². The quantitative estimate of drug-likeness (QED) is 0.791. The summed E-state index contributed by atoms with van der Waals surface area (Å²) in [6.45, 7) is 7.42. The van der Waals surface area contributed by atoms with E-state index in [1.807, 2.05) is 30.0 Å². The topological polar surface area (TPSA) is 38.8 Å². The summed E-state index contributed by atoms with van der Waals surface area (Å²) in [5.41, 5.74) is 0. The van der Waals surface area contributed by atoms with Gasteiger partial charge in [-0.2, -0.15) is 0 Å². The first-order valence-electron chi connectivity index (χ1n) is 8.48. The van der Waals surface area contributed by atoms with E-state index in [1.165, 1.54) is 0 Å². The Morgan fingerprint density at radius 3 is 2.65 bits per heavy atom. The van der Waals surface area contributed by atoms with Crippen molar-refractivity contribution < 1.29 is 14.3 Å². The minimum absolute atomic E-state index is 0.0758. The van der Waals surface area contributed by atoms with Crippen molar-refractivity contribution in [3.63, 3.8) is 0 Å². The highest BCUT2D eigenvalue weighted by Crippen LogP contribution is 2.35. The summed E-state index contributed by atoms with van der Waals surface area (Å²) in [5, 5.41) is -0.0758. The highest BCUT2D eigenvalue weighted by Gasteiger charge is 2.25. The van der Waals surface area contributed by atoms with Crippen LogP contribution in [-0.2, 0) is 4.79 Å². The number of carbonyl (C=O) groups is 1. The fourth-order valence-electron chi connectivity index (χ4n) is 2.96. The molecule has 5 heteroatoms. The summed E-state index contributed by atoms with van der Waals surface area (Å²) < 4.78 is 11.4. The molecule has 1 atom stereocenters. The van der Waals surface area contributed by atoms with Crippen LogP contribution in [0.3, 0.4) is 0 Å². The van der Waals surface area contributed by atoms with E-state index in [2.05, 4.69) is 6.92 Å². The minimum Gasteiger partial charge on any atom is -0.490 e. The molecular weight excluding hydrogens is 310 g/mol. The highest BCUT2D eigenvalue weighted by molar-refractivity contribution is 8.00. The number of amides is 1. The second kappa shape index (κ2) is 7.47. The summed E-state index contributed by atoms with van der Waals surface area (Å²) in [6, 6.07) is 5.95. The van der Waals surface area contributed by atoms with Gasteiger partial charge in [-0.3, -0.25) is 4.79 Å². The lowest BCUT2D eigenvalue weighted by Crippen LogP contribution is -2.41. The molecular formula is C18H25NO3S. The third-order valence-electron chi connectivity index (χ3n) is 4.47. The molecule has 4 nitrogen and oxygen atoms in total. The van der Waals surface area contributed by atoms with E-state index in [-0.39, 0.29) is 11.2 Å². The van der Waals surface area contributed by atoms with E-state index >= 15 is 0 Å². The van der Waals surface area contributed by atoms with Gasteiger partial charge in [0.2, 0.25) is 5.91 Å². The maximum atomic E-state index is 12.6. The smallest absolute Gasteiger partial charge is 0.235 e. The van der Waals surface area contributed by atoms with Gasteiger partial charge in [-0.05, 0) is 43.9 Å². The molecule has 23 heavy (non-hydrogen) atoms. The van der Waals surface area contributed by atoms with Gasteiger partial charge in [0.1, 0.15) is 0 Å². The fourth-order valence-corrected chi connectivity index (χ4v) is 3.94. The Hall–Kier alpha value is -1.36. The van der Waals surface area contributed by atoms with Gasteiger partial charge in [-0.1, -0.05) is 6.92 Å². The molecule has 126 valence electrons. The molecule has 0 N–H and O–H groups in total. The lowest BCUT2D eigenvalue weighted by atomic mass is 9.99. The van der Waals surface area contributed by atoms with Crippen molar-refractivity contribution in [1.82, 2.24) is 4.90 Å². The molecule has 1 amide bonds. The van der Waals surface area contributed by atoms with Crippen LogP contribution in [0.25, 0.3) is 0 Å². The molecule has 3 rings (SSSR count). The fraction of sp³-hybridized carbons (Fsp3) is 0.611. The van der Waals surface area contributed by atoms with Gasteiger partial charge in [0.15, 0.2) is 11.5 Å². The van der Waals surface area contributed by atoms with Gasteiger partial charge < -0.3 is 14.4 Å². The average Bonchev–Trinajstić information content (AvgIpc) is 2.79. The lowest BCUT2D eigenvalue weighted by molar-refractivity contribution is -0.131. The second-order valence-corrected chi connectivity index (χ2v) is 7.84. The van der Waals surface area contributed by atoms with E-state index in [1.54, 1.807) is 11.8 Å². The molecule has 2 aliphatic rings. The number of hydrogen-bond donors (Lipinski definition) is 0. The van der Waals surface area contributed by atoms with E-state index in [0.717, 1.165) is 54.7 Å². The van der Waals surface area contributed by atoms with Crippen molar-refractivity contribution in [1.29, 1.82) is 0 Å². The lowest BCUT2D eigenvalue weighted by Gasteiger charge is -2.32. The van der Waals surface area contributed by atoms with Crippen molar-refractivity contribution >= 4 is 17.7 Å². The maximum absolute atomic E-state index is 12.6. The summed E-state index contributed by atoms with van der Waals surface area (Å²) >= 11 is 1.60. The molecule has 2 heterocycles. The van der Waals surface area contributed by atoms with E-state index in [0.29, 0.717) is 13.2 Å². The average molecular weight is 335 g/mol. The predicted octanol–water partition coefficient (Wildman–Crippen LogP) is 3.59. The first-order chi connectivity index (χ1) is 11.1. The molecule has 0 saturated carbocycles. The molecule has 1 saturated heterocycles. The largest absolute Gasteiger partial charge is 0.490 e. The predicted molar refractivity (Wildman–Crippen MR) is 92.3 cm³/mol. The Balaban J connectivity index is 1.62. The number of hydrogen-bond acceptors (Lipinski definition) is 4. The number of nitrogens with zero attached hydrogens (tertiary/aromatic N) is 1. The number of benzene rings is 1. The van der Waals surface area contributed by atoms with Crippen LogP contribution in [0, 0.1) is 5.92 Å². The van der Waals surface area contributed by atoms with Crippen LogP contribution in [0.15, 0.2) is 23.1 Å². The summed E-state index contributed by atoms with van der Waals surface area (Å²) in [5.74, 6) is 2.58. The van der Waals surface area contributed by atoms with Crippen LogP contribution in [0.2, 0.25) is 0 Å². The number of rotatable bonds is 3. The number of piperidine rings is 1. The Kier molecular flexibility index (Phi) is 5.36. The molecule has 0 bridgehead atoms. The van der Waals surface area contributed by atoms with Crippen molar-refractivity contribution in [3.8, 4) is 11.5 Å². The van der Waals surface area contributed by atoms with Crippen LogP contribution < -0.4 is 9.47 Å². The zero-order valence-corrected chi connectivity index (χ0v) is 14.7. The third-order valence-corrected chi connectivity index (χ3v) is 5.56. The molecule has 0 radical (unpaired) electrons. The summed E-state index contributed by atoms with van der Waals surface area (Å²) in [4.78, 5) is 15.7. The van der Waals surface area contributed by atoms with E-state index in [9.17, 15) is 4.79 Å². The Morgan fingerprint density at radius 1 is 1.22 bits per heavy atom. The monoisotopic (exact) mass is 335 g/mol. The van der Waals surface area contributed by atoms with Crippen molar-refractivity contribution in [2.75, 3.05) is 26.3 Å². The molecule has 0 aromatic heterocycles. The molecule has 1 fully saturated rings. The summed E-state index contributed by atoms with van der Waals surface area (Å²) in [7, 11) is 0. The first-order valence-corrected chi connectivity index (χ1v) is 9.36. The second-order valence-electron chi connectivity index (χ2n) is 6.43. The van der Waals surface area contributed by atoms with Crippen LogP contribution in [0.4, 0.5) is 0 Å². The van der Waals surface area contributed by atoms with Crippen LogP contribution in [0.1, 0.15) is 33.1 Å². The van der Waals surface area contributed by atoms with Crippen LogP contribution in [-0.4, -0.2) is 42.4 Å². The highest BCUT2D eigenvalue weighted by atomic mass is 32.2. The normalized spacial score (nSPS) is 20.0.